The number of carboxylic acids is 1. The molecule has 0 bridgehead atoms. The molecule has 0 rings (SSSR count). The third kappa shape index (κ3) is 4.49. The van der Waals surface area contributed by atoms with Gasteiger partial charge < -0.3 is 5.11 Å². The van der Waals surface area contributed by atoms with Gasteiger partial charge in [-0.25, -0.2) is 0 Å². The Kier molecular flexibility index (Phi) is 4.69. The first-order valence-electron chi connectivity index (χ1n) is 4.09. The summed E-state index contributed by atoms with van der Waals surface area (Å²) in [7, 11) is 0. The first-order chi connectivity index (χ1) is 6.34. The molecular formula is C9H12O5. The molecule has 5 nitrogen and oxygen atoms in total. The number of aliphatic carboxylic acids is 1. The summed E-state index contributed by atoms with van der Waals surface area (Å²) >= 11 is 0. The molecule has 0 saturated heterocycles. The molecule has 0 radical (unpaired) electrons. The van der Waals surface area contributed by atoms with Gasteiger partial charge >= 0.3 is 5.97 Å². The summed E-state index contributed by atoms with van der Waals surface area (Å²) in [5.41, 5.74) is 0. The van der Waals surface area contributed by atoms with Crippen LogP contribution in [0.15, 0.2) is 0 Å². The highest BCUT2D eigenvalue weighted by atomic mass is 16.4. The maximum absolute atomic E-state index is 11.2. The van der Waals surface area contributed by atoms with Gasteiger partial charge in [-0.05, 0) is 13.8 Å². The van der Waals surface area contributed by atoms with Crippen LogP contribution >= 0.6 is 0 Å². The van der Waals surface area contributed by atoms with Crippen LogP contribution in [0.3, 0.4) is 0 Å². The lowest BCUT2D eigenvalue weighted by Gasteiger charge is -2.07. The van der Waals surface area contributed by atoms with E-state index >= 15 is 0 Å². The van der Waals surface area contributed by atoms with Gasteiger partial charge in [0.05, 0.1) is 6.42 Å². The molecule has 0 aromatic heterocycles. The molecule has 1 atom stereocenters. The Morgan fingerprint density at radius 3 is 1.86 bits per heavy atom. The summed E-state index contributed by atoms with van der Waals surface area (Å²) in [6.07, 6.45) is -0.772. The molecule has 14 heavy (non-hydrogen) atoms. The van der Waals surface area contributed by atoms with Crippen molar-refractivity contribution in [3.8, 4) is 0 Å². The van der Waals surface area contributed by atoms with Gasteiger partial charge in [0.2, 0.25) is 0 Å². The Bertz CT molecular complexity index is 279. The van der Waals surface area contributed by atoms with E-state index in [9.17, 15) is 19.2 Å². The molecule has 0 aliphatic carbocycles. The van der Waals surface area contributed by atoms with E-state index in [1.807, 2.05) is 0 Å². The fourth-order valence-electron chi connectivity index (χ4n) is 0.995. The average molecular weight is 200 g/mol. The molecule has 0 fully saturated rings. The number of Topliss-reactive ketones (excluding diaryl/α,β-unsaturated/α-hetero) is 3. The lowest BCUT2D eigenvalue weighted by Crippen LogP contribution is -2.27. The predicted molar refractivity (Wildman–Crippen MR) is 46.7 cm³/mol. The minimum absolute atomic E-state index is 0.346. The molecule has 0 spiro atoms. The van der Waals surface area contributed by atoms with Gasteiger partial charge in [-0.1, -0.05) is 0 Å². The van der Waals surface area contributed by atoms with Crippen molar-refractivity contribution in [1.82, 2.24) is 0 Å². The number of carboxylic acid groups (broad SMARTS) is 1. The van der Waals surface area contributed by atoms with E-state index in [0.29, 0.717) is 0 Å². The zero-order valence-electron chi connectivity index (χ0n) is 8.07. The SMILES string of the molecule is CC(=O)CC(=O)C(CC(C)=O)C(=O)O. The van der Waals surface area contributed by atoms with E-state index in [2.05, 4.69) is 0 Å². The molecule has 0 heterocycles. The highest BCUT2D eigenvalue weighted by Crippen LogP contribution is 2.08. The second kappa shape index (κ2) is 5.26. The molecule has 78 valence electrons. The standard InChI is InChI=1S/C9H12O5/c1-5(10)3-7(9(13)14)8(12)4-6(2)11/h7H,3-4H2,1-2H3,(H,13,14). The number of carbonyl (C=O) groups excluding carboxylic acids is 3. The Balaban J connectivity index is 4.49. The Morgan fingerprint density at radius 2 is 1.57 bits per heavy atom. The molecule has 1 N–H and O–H groups in total. The van der Waals surface area contributed by atoms with E-state index in [0.717, 1.165) is 0 Å². The van der Waals surface area contributed by atoms with Crippen molar-refractivity contribution in [3.05, 3.63) is 0 Å². The first-order valence-corrected chi connectivity index (χ1v) is 4.09. The second-order valence-corrected chi connectivity index (χ2v) is 3.14. The topological polar surface area (TPSA) is 88.5 Å². The second-order valence-electron chi connectivity index (χ2n) is 3.14. The maximum Gasteiger partial charge on any atom is 0.314 e. The van der Waals surface area contributed by atoms with Gasteiger partial charge in [-0.3, -0.25) is 19.2 Å². The third-order valence-electron chi connectivity index (χ3n) is 1.60. The fourth-order valence-corrected chi connectivity index (χ4v) is 0.995. The molecule has 5 heteroatoms. The van der Waals surface area contributed by atoms with Crippen LogP contribution in [0.25, 0.3) is 0 Å². The van der Waals surface area contributed by atoms with Crippen LogP contribution in [0.1, 0.15) is 26.7 Å². The van der Waals surface area contributed by atoms with E-state index in [-0.39, 0.29) is 12.2 Å². The molecule has 0 aromatic rings. The van der Waals surface area contributed by atoms with Gasteiger partial charge in [0.25, 0.3) is 0 Å². The summed E-state index contributed by atoms with van der Waals surface area (Å²) < 4.78 is 0. The minimum Gasteiger partial charge on any atom is -0.481 e. The maximum atomic E-state index is 11.2. The third-order valence-corrected chi connectivity index (χ3v) is 1.60. The van der Waals surface area contributed by atoms with Crippen molar-refractivity contribution in [1.29, 1.82) is 0 Å². The summed E-state index contributed by atoms with van der Waals surface area (Å²) in [6, 6.07) is 0. The summed E-state index contributed by atoms with van der Waals surface area (Å²) in [5, 5.41) is 8.62. The van der Waals surface area contributed by atoms with Crippen LogP contribution < -0.4 is 0 Å². The molecule has 0 aromatic carbocycles. The quantitative estimate of drug-likeness (QED) is 0.619. The summed E-state index contributed by atoms with van der Waals surface area (Å²) in [5.74, 6) is -4.22. The van der Waals surface area contributed by atoms with Gasteiger partial charge in [0, 0.05) is 6.42 Å². The Morgan fingerprint density at radius 1 is 1.07 bits per heavy atom. The highest BCUT2D eigenvalue weighted by Gasteiger charge is 2.27. The largest absolute Gasteiger partial charge is 0.481 e. The highest BCUT2D eigenvalue weighted by molar-refractivity contribution is 6.08. The molecular weight excluding hydrogens is 188 g/mol. The van der Waals surface area contributed by atoms with Crippen molar-refractivity contribution < 1.29 is 24.3 Å². The van der Waals surface area contributed by atoms with E-state index < -0.39 is 29.9 Å². The molecule has 0 aliphatic rings. The Labute approximate surface area is 81.1 Å². The van der Waals surface area contributed by atoms with Gasteiger partial charge in [-0.15, -0.1) is 0 Å². The number of hydrogen-bond donors (Lipinski definition) is 1. The zero-order valence-corrected chi connectivity index (χ0v) is 8.07. The Hall–Kier alpha value is -1.52. The first kappa shape index (κ1) is 12.5. The van der Waals surface area contributed by atoms with Crippen LogP contribution in [-0.4, -0.2) is 28.4 Å². The van der Waals surface area contributed by atoms with Crippen LogP contribution in [-0.2, 0) is 19.2 Å². The summed E-state index contributed by atoms with van der Waals surface area (Å²) in [6.45, 7) is 2.40. The lowest BCUT2D eigenvalue weighted by atomic mass is 9.95. The fraction of sp³-hybridized carbons (Fsp3) is 0.556. The van der Waals surface area contributed by atoms with E-state index in [1.54, 1.807) is 0 Å². The van der Waals surface area contributed by atoms with Crippen LogP contribution in [0.2, 0.25) is 0 Å². The normalized spacial score (nSPS) is 11.9. The smallest absolute Gasteiger partial charge is 0.314 e. The monoisotopic (exact) mass is 200 g/mol. The molecule has 0 saturated carbocycles. The molecule has 0 aliphatic heterocycles. The van der Waals surface area contributed by atoms with Crippen molar-refractivity contribution >= 4 is 23.3 Å². The van der Waals surface area contributed by atoms with Gasteiger partial charge in [0.15, 0.2) is 5.78 Å². The molecule has 1 unspecified atom stereocenters. The summed E-state index contributed by atoms with van der Waals surface area (Å²) in [4.78, 5) is 43.0. The van der Waals surface area contributed by atoms with E-state index in [1.165, 1.54) is 13.8 Å². The number of ketones is 3. The average Bonchev–Trinajstić information content (AvgIpc) is 1.97. The number of carbonyl (C=O) groups is 4. The number of hydrogen-bond acceptors (Lipinski definition) is 4. The van der Waals surface area contributed by atoms with Crippen LogP contribution in [0, 0.1) is 5.92 Å². The minimum atomic E-state index is -1.38. The van der Waals surface area contributed by atoms with Crippen molar-refractivity contribution in [2.45, 2.75) is 26.7 Å². The van der Waals surface area contributed by atoms with Crippen LogP contribution in [0.5, 0.6) is 0 Å². The number of rotatable bonds is 6. The molecule has 0 amide bonds. The van der Waals surface area contributed by atoms with Gasteiger partial charge in [-0.2, -0.15) is 0 Å². The predicted octanol–water partition coefficient (Wildman–Crippen LogP) is 0.214. The lowest BCUT2D eigenvalue weighted by molar-refractivity contribution is -0.148. The van der Waals surface area contributed by atoms with Crippen molar-refractivity contribution in [2.24, 2.45) is 5.92 Å². The van der Waals surface area contributed by atoms with Gasteiger partial charge in [0.1, 0.15) is 17.5 Å². The van der Waals surface area contributed by atoms with Crippen molar-refractivity contribution in [3.63, 3.8) is 0 Å². The van der Waals surface area contributed by atoms with Crippen molar-refractivity contribution in [2.75, 3.05) is 0 Å². The van der Waals surface area contributed by atoms with Crippen LogP contribution in [0.4, 0.5) is 0 Å². The zero-order chi connectivity index (χ0) is 11.3. The van der Waals surface area contributed by atoms with E-state index in [4.69, 9.17) is 5.11 Å².